The molecule has 2 atom stereocenters. The van der Waals surface area contributed by atoms with E-state index in [1.54, 1.807) is 29.1 Å². The van der Waals surface area contributed by atoms with Crippen LogP contribution in [0.2, 0.25) is 0 Å². The van der Waals surface area contributed by atoms with Crippen LogP contribution in [-0.4, -0.2) is 53.9 Å². The fourth-order valence-corrected chi connectivity index (χ4v) is 5.40. The number of rotatable bonds is 10. The Balaban J connectivity index is 1.56. The van der Waals surface area contributed by atoms with Crippen LogP contribution in [0.15, 0.2) is 42.6 Å². The molecule has 0 spiro atoms. The van der Waals surface area contributed by atoms with E-state index in [1.807, 2.05) is 32.0 Å². The van der Waals surface area contributed by atoms with Crippen LogP contribution in [0.4, 0.5) is 5.69 Å². The van der Waals surface area contributed by atoms with E-state index in [1.165, 1.54) is 6.92 Å². The predicted octanol–water partition coefficient (Wildman–Crippen LogP) is 1.82. The van der Waals surface area contributed by atoms with Gasteiger partial charge in [0.15, 0.2) is 0 Å². The Morgan fingerprint density at radius 3 is 2.63 bits per heavy atom. The summed E-state index contributed by atoms with van der Waals surface area (Å²) in [4.78, 5) is 23.8. The molecule has 1 aliphatic rings. The van der Waals surface area contributed by atoms with E-state index in [-0.39, 0.29) is 11.3 Å². The van der Waals surface area contributed by atoms with Crippen molar-refractivity contribution in [3.05, 3.63) is 53.7 Å². The van der Waals surface area contributed by atoms with Crippen LogP contribution in [0.25, 0.3) is 16.6 Å². The maximum Gasteiger partial charge on any atom is 0.251 e. The monoisotopic (exact) mass is 498 g/mol. The molecule has 3 aromatic rings. The highest BCUT2D eigenvalue weighted by atomic mass is 32.2. The summed E-state index contributed by atoms with van der Waals surface area (Å²) in [7, 11) is -3.26. The van der Waals surface area contributed by atoms with Crippen molar-refractivity contribution in [2.45, 2.75) is 50.9 Å². The van der Waals surface area contributed by atoms with Gasteiger partial charge in [-0.05, 0) is 69.5 Å². The number of nitrogens with two attached hydrogens (primary N) is 1. The molecule has 2 aromatic carbocycles. The largest absolute Gasteiger partial charge is 0.383 e. The Bertz CT molecular complexity index is 1380. The number of hydrogen-bond donors (Lipinski definition) is 4. The van der Waals surface area contributed by atoms with Crippen LogP contribution < -0.4 is 21.1 Å². The van der Waals surface area contributed by atoms with Crippen molar-refractivity contribution >= 4 is 38.4 Å². The molecule has 10 nitrogen and oxygen atoms in total. The zero-order chi connectivity index (χ0) is 25.3. The molecule has 11 heteroatoms. The number of nitrogens with zero attached hydrogens (tertiary/aromatic N) is 2. The van der Waals surface area contributed by atoms with Crippen LogP contribution in [0, 0.1) is 6.92 Å². The second-order valence-corrected chi connectivity index (χ2v) is 11.1. The van der Waals surface area contributed by atoms with Crippen molar-refractivity contribution in [2.24, 2.45) is 5.73 Å². The van der Waals surface area contributed by atoms with Gasteiger partial charge in [0.2, 0.25) is 15.9 Å². The Hall–Kier alpha value is -3.44. The second-order valence-electron chi connectivity index (χ2n) is 9.09. The van der Waals surface area contributed by atoms with Gasteiger partial charge in [-0.2, -0.15) is 5.10 Å². The Morgan fingerprint density at radius 2 is 1.94 bits per heavy atom. The van der Waals surface area contributed by atoms with Crippen molar-refractivity contribution in [3.8, 4) is 5.69 Å². The number of nitrogens with one attached hydrogen (secondary N) is 3. The van der Waals surface area contributed by atoms with Crippen LogP contribution >= 0.6 is 0 Å². The molecule has 35 heavy (non-hydrogen) atoms. The fourth-order valence-electron chi connectivity index (χ4n) is 3.81. The van der Waals surface area contributed by atoms with E-state index < -0.39 is 27.9 Å². The molecule has 0 unspecified atom stereocenters. The molecular weight excluding hydrogens is 468 g/mol. The molecule has 1 aromatic heterocycles. The first-order chi connectivity index (χ1) is 16.5. The first kappa shape index (κ1) is 24.7. The van der Waals surface area contributed by atoms with Crippen molar-refractivity contribution in [1.29, 1.82) is 0 Å². The normalized spacial score (nSPS) is 15.5. The van der Waals surface area contributed by atoms with Gasteiger partial charge in [0.1, 0.15) is 6.04 Å². The lowest BCUT2D eigenvalue weighted by Crippen LogP contribution is -2.42. The van der Waals surface area contributed by atoms with Crippen molar-refractivity contribution in [2.75, 3.05) is 11.9 Å². The van der Waals surface area contributed by atoms with Gasteiger partial charge in [0, 0.05) is 29.2 Å². The maximum absolute atomic E-state index is 12.5. The van der Waals surface area contributed by atoms with Crippen LogP contribution in [0.3, 0.4) is 0 Å². The van der Waals surface area contributed by atoms with Gasteiger partial charge >= 0.3 is 0 Å². The lowest BCUT2D eigenvalue weighted by Gasteiger charge is -2.16. The van der Waals surface area contributed by atoms with Crippen molar-refractivity contribution in [3.63, 3.8) is 0 Å². The van der Waals surface area contributed by atoms with Crippen molar-refractivity contribution in [1.82, 2.24) is 19.8 Å². The van der Waals surface area contributed by atoms with Crippen molar-refractivity contribution < 1.29 is 18.0 Å². The SMILES string of the molecule is Cc1cc(NC[C@H](C)NS(=O)(=O)C2CC2)c2cnn(-c3cccc(C(=O)N[C@H](C)C(N)=O)c3)c2c1. The summed E-state index contributed by atoms with van der Waals surface area (Å²) in [6.07, 6.45) is 3.18. The first-order valence-electron chi connectivity index (χ1n) is 11.5. The molecule has 0 saturated heterocycles. The molecule has 1 fully saturated rings. The Kier molecular flexibility index (Phi) is 6.82. The second kappa shape index (κ2) is 9.67. The molecule has 2 amide bonds. The molecule has 0 aliphatic heterocycles. The summed E-state index contributed by atoms with van der Waals surface area (Å²) in [5.74, 6) is -1.02. The molecule has 5 N–H and O–H groups in total. The van der Waals surface area contributed by atoms with E-state index >= 15 is 0 Å². The molecule has 186 valence electrons. The topological polar surface area (TPSA) is 148 Å². The molecule has 1 heterocycles. The first-order valence-corrected chi connectivity index (χ1v) is 13.0. The van der Waals surface area contributed by atoms with Crippen LogP contribution in [-0.2, 0) is 14.8 Å². The van der Waals surface area contributed by atoms with Gasteiger partial charge in [-0.15, -0.1) is 0 Å². The number of fused-ring (bicyclic) bond motifs is 1. The molecule has 1 aliphatic carbocycles. The summed E-state index contributed by atoms with van der Waals surface area (Å²) < 4.78 is 28.9. The smallest absolute Gasteiger partial charge is 0.251 e. The van der Waals surface area contributed by atoms with E-state index in [0.717, 1.165) is 35.0 Å². The third kappa shape index (κ3) is 5.63. The van der Waals surface area contributed by atoms with E-state index in [2.05, 4.69) is 20.5 Å². The molecule has 4 rings (SSSR count). The van der Waals surface area contributed by atoms with Gasteiger partial charge in [-0.1, -0.05) is 6.07 Å². The number of anilines is 1. The van der Waals surface area contributed by atoms with E-state index in [4.69, 9.17) is 5.73 Å². The number of sulfonamides is 1. The fraction of sp³-hybridized carbons (Fsp3) is 0.375. The average molecular weight is 499 g/mol. The zero-order valence-corrected chi connectivity index (χ0v) is 20.7. The quantitative estimate of drug-likeness (QED) is 0.335. The highest BCUT2D eigenvalue weighted by Gasteiger charge is 2.36. The number of hydrogen-bond acceptors (Lipinski definition) is 6. The third-order valence-corrected chi connectivity index (χ3v) is 7.97. The highest BCUT2D eigenvalue weighted by Crippen LogP contribution is 2.29. The van der Waals surface area contributed by atoms with Gasteiger partial charge in [-0.3, -0.25) is 9.59 Å². The molecule has 0 radical (unpaired) electrons. The Morgan fingerprint density at radius 1 is 1.20 bits per heavy atom. The lowest BCUT2D eigenvalue weighted by atomic mass is 10.1. The van der Waals surface area contributed by atoms with E-state index in [0.29, 0.717) is 17.8 Å². The summed E-state index contributed by atoms with van der Waals surface area (Å²) >= 11 is 0. The number of primary amides is 1. The maximum atomic E-state index is 12.5. The number of aryl methyl sites for hydroxylation is 1. The lowest BCUT2D eigenvalue weighted by molar-refractivity contribution is -0.119. The van der Waals surface area contributed by atoms with Crippen LogP contribution in [0.1, 0.15) is 42.6 Å². The molecule has 0 bridgehead atoms. The van der Waals surface area contributed by atoms with Gasteiger partial charge in [0.25, 0.3) is 5.91 Å². The summed E-state index contributed by atoms with van der Waals surface area (Å²) in [6.45, 7) is 5.75. The van der Waals surface area contributed by atoms with Gasteiger partial charge in [0.05, 0.1) is 22.7 Å². The Labute approximate surface area is 204 Å². The average Bonchev–Trinajstić information content (AvgIpc) is 3.58. The van der Waals surface area contributed by atoms with Gasteiger partial charge in [-0.25, -0.2) is 17.8 Å². The molecule has 1 saturated carbocycles. The van der Waals surface area contributed by atoms with E-state index in [9.17, 15) is 18.0 Å². The number of amides is 2. The number of aromatic nitrogens is 2. The minimum absolute atomic E-state index is 0.259. The summed E-state index contributed by atoms with van der Waals surface area (Å²) in [5, 5.41) is 11.1. The number of carbonyl (C=O) groups excluding carboxylic acids is 2. The highest BCUT2D eigenvalue weighted by molar-refractivity contribution is 7.90. The number of benzene rings is 2. The van der Waals surface area contributed by atoms with Crippen LogP contribution in [0.5, 0.6) is 0 Å². The minimum atomic E-state index is -3.26. The third-order valence-electron chi connectivity index (χ3n) is 5.89. The summed E-state index contributed by atoms with van der Waals surface area (Å²) in [6, 6.07) is 9.86. The van der Waals surface area contributed by atoms with Gasteiger partial charge < -0.3 is 16.4 Å². The predicted molar refractivity (Wildman–Crippen MR) is 135 cm³/mol. The number of carbonyl (C=O) groups is 2. The molecular formula is C24H30N6O4S. The minimum Gasteiger partial charge on any atom is -0.383 e. The summed E-state index contributed by atoms with van der Waals surface area (Å²) in [5.41, 5.74) is 8.97. The zero-order valence-electron chi connectivity index (χ0n) is 19.9. The standard InChI is InChI=1S/C24H30N6O4S/c1-14-9-21(26-12-15(2)29-35(33,34)19-7-8-19)20-13-27-30(22(20)10-14)18-6-4-5-17(11-18)24(32)28-16(3)23(25)31/h4-6,9-11,13,15-16,19,26,29H,7-8,12H2,1-3H3,(H2,25,31)(H,28,32)/t15-,16+/m0/s1.